The molecular weight excluding hydrogens is 214 g/mol. The molecule has 1 aliphatic rings. The van der Waals surface area contributed by atoms with Crippen LogP contribution < -0.4 is 4.74 Å². The molecular formula is C13H17N3O. The van der Waals surface area contributed by atoms with E-state index in [4.69, 9.17) is 4.74 Å². The first kappa shape index (κ1) is 10.6. The van der Waals surface area contributed by atoms with Crippen molar-refractivity contribution in [2.75, 3.05) is 20.7 Å². The number of benzene rings is 1. The third kappa shape index (κ3) is 1.78. The lowest BCUT2D eigenvalue weighted by Gasteiger charge is -2.16. The maximum absolute atomic E-state index is 5.22. The zero-order valence-corrected chi connectivity index (χ0v) is 10.2. The molecule has 1 aromatic heterocycles. The van der Waals surface area contributed by atoms with Crippen LogP contribution in [0.25, 0.3) is 11.0 Å². The van der Waals surface area contributed by atoms with Crippen molar-refractivity contribution in [2.45, 2.75) is 18.9 Å². The van der Waals surface area contributed by atoms with Crippen LogP contribution in [0.5, 0.6) is 5.75 Å². The van der Waals surface area contributed by atoms with E-state index in [0.717, 1.165) is 29.2 Å². The minimum Gasteiger partial charge on any atom is -0.497 e. The van der Waals surface area contributed by atoms with Crippen LogP contribution in [-0.4, -0.2) is 35.6 Å². The zero-order valence-electron chi connectivity index (χ0n) is 10.2. The lowest BCUT2D eigenvalue weighted by Crippen LogP contribution is -2.18. The van der Waals surface area contributed by atoms with Crippen molar-refractivity contribution < 1.29 is 4.74 Å². The monoisotopic (exact) mass is 231 g/mol. The van der Waals surface area contributed by atoms with E-state index in [1.165, 1.54) is 12.8 Å². The van der Waals surface area contributed by atoms with Gasteiger partial charge in [0.15, 0.2) is 0 Å². The van der Waals surface area contributed by atoms with Crippen molar-refractivity contribution >= 4 is 11.0 Å². The number of fused-ring (bicyclic) bond motifs is 1. The number of nitrogens with zero attached hydrogens (tertiary/aromatic N) is 2. The molecule has 1 aromatic carbocycles. The predicted molar refractivity (Wildman–Crippen MR) is 67.3 cm³/mol. The number of rotatable bonds is 2. The van der Waals surface area contributed by atoms with E-state index in [9.17, 15) is 0 Å². The van der Waals surface area contributed by atoms with E-state index in [0.29, 0.717) is 6.04 Å². The fourth-order valence-electron chi connectivity index (χ4n) is 2.55. The summed E-state index contributed by atoms with van der Waals surface area (Å²) in [4.78, 5) is 10.4. The molecule has 0 amide bonds. The number of nitrogens with one attached hydrogen (secondary N) is 1. The van der Waals surface area contributed by atoms with Gasteiger partial charge in [-0.3, -0.25) is 4.90 Å². The van der Waals surface area contributed by atoms with E-state index < -0.39 is 0 Å². The molecule has 1 saturated heterocycles. The Hall–Kier alpha value is -1.55. The molecule has 0 aliphatic carbocycles. The number of hydrogen-bond donors (Lipinski definition) is 1. The fourth-order valence-corrected chi connectivity index (χ4v) is 2.55. The maximum atomic E-state index is 5.22. The molecule has 17 heavy (non-hydrogen) atoms. The summed E-state index contributed by atoms with van der Waals surface area (Å²) in [5.74, 6) is 1.95. The molecule has 1 atom stereocenters. The van der Waals surface area contributed by atoms with Crippen molar-refractivity contribution in [3.63, 3.8) is 0 Å². The van der Waals surface area contributed by atoms with Crippen LogP contribution in [0.3, 0.4) is 0 Å². The van der Waals surface area contributed by atoms with Crippen molar-refractivity contribution in [3.8, 4) is 5.75 Å². The second-order valence-electron chi connectivity index (χ2n) is 4.64. The van der Waals surface area contributed by atoms with Gasteiger partial charge in [0.25, 0.3) is 0 Å². The summed E-state index contributed by atoms with van der Waals surface area (Å²) in [5.41, 5.74) is 2.07. The van der Waals surface area contributed by atoms with Crippen LogP contribution in [0.1, 0.15) is 24.7 Å². The second kappa shape index (κ2) is 4.04. The summed E-state index contributed by atoms with van der Waals surface area (Å²) in [5, 5.41) is 0. The molecule has 90 valence electrons. The van der Waals surface area contributed by atoms with Crippen LogP contribution >= 0.6 is 0 Å². The molecule has 0 spiro atoms. The summed E-state index contributed by atoms with van der Waals surface area (Å²) >= 11 is 0. The first-order valence-corrected chi connectivity index (χ1v) is 6.02. The van der Waals surface area contributed by atoms with E-state index >= 15 is 0 Å². The molecule has 0 saturated carbocycles. The van der Waals surface area contributed by atoms with Gasteiger partial charge in [-0.15, -0.1) is 0 Å². The lowest BCUT2D eigenvalue weighted by atomic mass is 10.2. The number of aromatic nitrogens is 2. The Kier molecular flexibility index (Phi) is 2.52. The highest BCUT2D eigenvalue weighted by Crippen LogP contribution is 2.30. The number of aromatic amines is 1. The van der Waals surface area contributed by atoms with E-state index in [-0.39, 0.29) is 0 Å². The summed E-state index contributed by atoms with van der Waals surface area (Å²) in [7, 11) is 3.84. The van der Waals surface area contributed by atoms with E-state index in [1.54, 1.807) is 7.11 Å². The quantitative estimate of drug-likeness (QED) is 0.862. The first-order chi connectivity index (χ1) is 8.28. The standard InChI is InChI=1S/C13H17N3O/c1-16-7-3-4-12(16)13-14-10-6-5-9(17-2)8-11(10)15-13/h5-6,8,12H,3-4,7H2,1-2H3,(H,14,15). The average molecular weight is 231 g/mol. The molecule has 1 unspecified atom stereocenters. The minimum absolute atomic E-state index is 0.438. The van der Waals surface area contributed by atoms with Crippen molar-refractivity contribution in [3.05, 3.63) is 24.0 Å². The van der Waals surface area contributed by atoms with Crippen LogP contribution in [0.4, 0.5) is 0 Å². The van der Waals surface area contributed by atoms with Gasteiger partial charge in [0.2, 0.25) is 0 Å². The Morgan fingerprint density at radius 3 is 3.06 bits per heavy atom. The van der Waals surface area contributed by atoms with Gasteiger partial charge in [-0.2, -0.15) is 0 Å². The topological polar surface area (TPSA) is 41.1 Å². The largest absolute Gasteiger partial charge is 0.497 e. The fraction of sp³-hybridized carbons (Fsp3) is 0.462. The highest BCUT2D eigenvalue weighted by molar-refractivity contribution is 5.76. The Bertz CT molecular complexity index is 534. The van der Waals surface area contributed by atoms with Crippen molar-refractivity contribution in [1.29, 1.82) is 0 Å². The van der Waals surface area contributed by atoms with Crippen molar-refractivity contribution in [1.82, 2.24) is 14.9 Å². The third-order valence-electron chi connectivity index (χ3n) is 3.54. The Balaban J connectivity index is 2.01. The third-order valence-corrected chi connectivity index (χ3v) is 3.54. The summed E-state index contributed by atoms with van der Waals surface area (Å²) < 4.78 is 5.22. The smallest absolute Gasteiger partial charge is 0.124 e. The van der Waals surface area contributed by atoms with Crippen LogP contribution in [-0.2, 0) is 0 Å². The number of ether oxygens (including phenoxy) is 1. The summed E-state index contributed by atoms with van der Waals surface area (Å²) in [6.07, 6.45) is 2.44. The number of imidazole rings is 1. The number of hydrogen-bond acceptors (Lipinski definition) is 3. The first-order valence-electron chi connectivity index (χ1n) is 6.02. The molecule has 0 radical (unpaired) electrons. The van der Waals surface area contributed by atoms with Gasteiger partial charge in [-0.05, 0) is 38.6 Å². The van der Waals surface area contributed by atoms with Gasteiger partial charge in [0.05, 0.1) is 24.2 Å². The Labute approximate surface area is 101 Å². The van der Waals surface area contributed by atoms with Crippen LogP contribution in [0.2, 0.25) is 0 Å². The van der Waals surface area contributed by atoms with Gasteiger partial charge in [0, 0.05) is 6.07 Å². The predicted octanol–water partition coefficient (Wildman–Crippen LogP) is 2.34. The average Bonchev–Trinajstić information content (AvgIpc) is 2.93. The summed E-state index contributed by atoms with van der Waals surface area (Å²) in [6, 6.07) is 6.39. The van der Waals surface area contributed by atoms with E-state index in [2.05, 4.69) is 21.9 Å². The molecule has 3 rings (SSSR count). The zero-order chi connectivity index (χ0) is 11.8. The number of likely N-dealkylation sites (tertiary alicyclic amines) is 1. The van der Waals surface area contributed by atoms with Gasteiger partial charge in [0.1, 0.15) is 11.6 Å². The second-order valence-corrected chi connectivity index (χ2v) is 4.64. The normalized spacial score (nSPS) is 21.2. The minimum atomic E-state index is 0.438. The number of methoxy groups -OCH3 is 1. The number of H-pyrrole nitrogens is 1. The molecule has 1 aliphatic heterocycles. The molecule has 0 bridgehead atoms. The molecule has 4 nitrogen and oxygen atoms in total. The Morgan fingerprint density at radius 1 is 1.47 bits per heavy atom. The Morgan fingerprint density at radius 2 is 2.35 bits per heavy atom. The van der Waals surface area contributed by atoms with Crippen LogP contribution in [0.15, 0.2) is 18.2 Å². The van der Waals surface area contributed by atoms with E-state index in [1.807, 2.05) is 18.2 Å². The van der Waals surface area contributed by atoms with Gasteiger partial charge < -0.3 is 9.72 Å². The highest BCUT2D eigenvalue weighted by atomic mass is 16.5. The molecule has 2 aromatic rings. The molecule has 1 N–H and O–H groups in total. The lowest BCUT2D eigenvalue weighted by molar-refractivity contribution is 0.307. The van der Waals surface area contributed by atoms with Crippen LogP contribution in [0, 0.1) is 0 Å². The van der Waals surface area contributed by atoms with Gasteiger partial charge in [-0.1, -0.05) is 0 Å². The van der Waals surface area contributed by atoms with Crippen molar-refractivity contribution in [2.24, 2.45) is 0 Å². The highest BCUT2D eigenvalue weighted by Gasteiger charge is 2.25. The van der Waals surface area contributed by atoms with Gasteiger partial charge >= 0.3 is 0 Å². The molecule has 2 heterocycles. The SMILES string of the molecule is COc1ccc2nc(C3CCCN3C)[nH]c2c1. The molecule has 1 fully saturated rings. The maximum Gasteiger partial charge on any atom is 0.124 e. The van der Waals surface area contributed by atoms with Gasteiger partial charge in [-0.25, -0.2) is 4.98 Å². The molecule has 4 heteroatoms. The summed E-state index contributed by atoms with van der Waals surface area (Å²) in [6.45, 7) is 1.16.